The molecule has 4 rings (SSSR count). The number of piperazine rings is 1. The standard InChI is InChI=1S/C19H22N2O3/c1-13(14-6-7-14)20-8-10-21(11-9-20)18(22)16-12-15-4-2-3-5-17(15)24-19(16)23/h2-5,12-14H,6-11H2,1H3. The van der Waals surface area contributed by atoms with Crippen LogP contribution in [-0.4, -0.2) is 47.9 Å². The lowest BCUT2D eigenvalue weighted by Crippen LogP contribution is -2.52. The monoisotopic (exact) mass is 326 g/mol. The molecule has 24 heavy (non-hydrogen) atoms. The van der Waals surface area contributed by atoms with Crippen molar-refractivity contribution in [2.45, 2.75) is 25.8 Å². The number of amides is 1. The highest BCUT2D eigenvalue weighted by atomic mass is 16.4. The zero-order chi connectivity index (χ0) is 16.7. The Hall–Kier alpha value is -2.14. The third-order valence-electron chi connectivity index (χ3n) is 5.35. The first-order valence-electron chi connectivity index (χ1n) is 8.70. The van der Waals surface area contributed by atoms with E-state index in [-0.39, 0.29) is 11.5 Å². The molecule has 0 bridgehead atoms. The van der Waals surface area contributed by atoms with E-state index in [1.54, 1.807) is 17.0 Å². The summed E-state index contributed by atoms with van der Waals surface area (Å²) in [4.78, 5) is 29.1. The van der Waals surface area contributed by atoms with E-state index in [9.17, 15) is 9.59 Å². The van der Waals surface area contributed by atoms with Crippen LogP contribution in [0, 0.1) is 5.92 Å². The van der Waals surface area contributed by atoms with Crippen LogP contribution in [0.4, 0.5) is 0 Å². The maximum Gasteiger partial charge on any atom is 0.349 e. The summed E-state index contributed by atoms with van der Waals surface area (Å²) in [7, 11) is 0. The van der Waals surface area contributed by atoms with Crippen molar-refractivity contribution >= 4 is 16.9 Å². The van der Waals surface area contributed by atoms with E-state index in [4.69, 9.17) is 4.42 Å². The van der Waals surface area contributed by atoms with Gasteiger partial charge in [-0.15, -0.1) is 0 Å². The number of fused-ring (bicyclic) bond motifs is 1. The van der Waals surface area contributed by atoms with Gasteiger partial charge in [-0.2, -0.15) is 0 Å². The van der Waals surface area contributed by atoms with Gasteiger partial charge in [-0.1, -0.05) is 18.2 Å². The fourth-order valence-electron chi connectivity index (χ4n) is 3.59. The number of hydrogen-bond acceptors (Lipinski definition) is 4. The van der Waals surface area contributed by atoms with Crippen LogP contribution in [0.25, 0.3) is 11.0 Å². The summed E-state index contributed by atoms with van der Waals surface area (Å²) in [6.07, 6.45) is 2.66. The zero-order valence-electron chi connectivity index (χ0n) is 13.9. The Balaban J connectivity index is 1.50. The first-order chi connectivity index (χ1) is 11.6. The van der Waals surface area contributed by atoms with Crippen LogP contribution in [0.15, 0.2) is 39.5 Å². The minimum Gasteiger partial charge on any atom is -0.422 e. The van der Waals surface area contributed by atoms with Crippen molar-refractivity contribution in [1.82, 2.24) is 9.80 Å². The highest BCUT2D eigenvalue weighted by molar-refractivity contribution is 5.96. The molecule has 0 radical (unpaired) electrons. The van der Waals surface area contributed by atoms with E-state index in [0.29, 0.717) is 24.7 Å². The third-order valence-corrected chi connectivity index (χ3v) is 5.35. The fraction of sp³-hybridized carbons (Fsp3) is 0.474. The van der Waals surface area contributed by atoms with Crippen molar-refractivity contribution in [2.75, 3.05) is 26.2 Å². The Morgan fingerprint density at radius 2 is 1.88 bits per heavy atom. The zero-order valence-corrected chi connectivity index (χ0v) is 13.9. The minimum absolute atomic E-state index is 0.136. The predicted molar refractivity (Wildman–Crippen MR) is 92.1 cm³/mol. The van der Waals surface area contributed by atoms with Crippen molar-refractivity contribution in [2.24, 2.45) is 5.92 Å². The summed E-state index contributed by atoms with van der Waals surface area (Å²) < 4.78 is 5.29. The van der Waals surface area contributed by atoms with Crippen LogP contribution < -0.4 is 5.63 Å². The Morgan fingerprint density at radius 3 is 2.58 bits per heavy atom. The van der Waals surface area contributed by atoms with E-state index >= 15 is 0 Å². The molecule has 5 nitrogen and oxygen atoms in total. The smallest absolute Gasteiger partial charge is 0.349 e. The van der Waals surface area contributed by atoms with E-state index in [0.717, 1.165) is 24.4 Å². The van der Waals surface area contributed by atoms with Gasteiger partial charge < -0.3 is 9.32 Å². The third kappa shape index (κ3) is 2.84. The van der Waals surface area contributed by atoms with Gasteiger partial charge in [-0.25, -0.2) is 4.79 Å². The number of carbonyl (C=O) groups is 1. The van der Waals surface area contributed by atoms with Crippen molar-refractivity contribution < 1.29 is 9.21 Å². The average Bonchev–Trinajstić information content (AvgIpc) is 3.45. The molecule has 1 aromatic carbocycles. The van der Waals surface area contributed by atoms with Crippen LogP contribution in [0.1, 0.15) is 30.1 Å². The summed E-state index contributed by atoms with van der Waals surface area (Å²) in [5.74, 6) is 0.619. The van der Waals surface area contributed by atoms with E-state index in [1.165, 1.54) is 12.8 Å². The maximum atomic E-state index is 12.7. The summed E-state index contributed by atoms with van der Waals surface area (Å²) in [6.45, 7) is 5.38. The number of para-hydroxylation sites is 1. The van der Waals surface area contributed by atoms with Crippen LogP contribution >= 0.6 is 0 Å². The second-order valence-electron chi connectivity index (χ2n) is 6.89. The lowest BCUT2D eigenvalue weighted by molar-refractivity contribution is 0.0560. The van der Waals surface area contributed by atoms with Crippen molar-refractivity contribution in [3.05, 3.63) is 46.3 Å². The molecular formula is C19H22N2O3. The molecule has 2 heterocycles. The molecule has 2 aromatic rings. The van der Waals surface area contributed by atoms with Gasteiger partial charge in [0.15, 0.2) is 0 Å². The van der Waals surface area contributed by atoms with E-state index in [2.05, 4.69) is 11.8 Å². The van der Waals surface area contributed by atoms with E-state index in [1.807, 2.05) is 18.2 Å². The number of rotatable bonds is 3. The number of nitrogens with zero attached hydrogens (tertiary/aromatic N) is 2. The van der Waals surface area contributed by atoms with Gasteiger partial charge in [0.05, 0.1) is 0 Å². The molecule has 126 valence electrons. The highest BCUT2D eigenvalue weighted by Crippen LogP contribution is 2.35. The van der Waals surface area contributed by atoms with Gasteiger partial charge in [0.25, 0.3) is 5.91 Å². The molecule has 5 heteroatoms. The molecule has 1 saturated carbocycles. The summed E-state index contributed by atoms with van der Waals surface area (Å²) >= 11 is 0. The molecule has 1 unspecified atom stereocenters. The molecule has 0 spiro atoms. The van der Waals surface area contributed by atoms with Gasteiger partial charge in [-0.05, 0) is 37.8 Å². The van der Waals surface area contributed by atoms with Crippen molar-refractivity contribution in [3.8, 4) is 0 Å². The largest absolute Gasteiger partial charge is 0.422 e. The Bertz CT molecular complexity index is 817. The molecule has 2 aliphatic rings. The topological polar surface area (TPSA) is 53.8 Å². The molecule has 1 amide bonds. The summed E-state index contributed by atoms with van der Waals surface area (Å²) in [5.41, 5.74) is 0.104. The van der Waals surface area contributed by atoms with Gasteiger partial charge in [0, 0.05) is 37.6 Å². The second-order valence-corrected chi connectivity index (χ2v) is 6.89. The first kappa shape index (κ1) is 15.4. The predicted octanol–water partition coefficient (Wildman–Crippen LogP) is 2.35. The normalized spacial score (nSPS) is 20.3. The fourth-order valence-corrected chi connectivity index (χ4v) is 3.59. The maximum absolute atomic E-state index is 12.7. The molecular weight excluding hydrogens is 304 g/mol. The highest BCUT2D eigenvalue weighted by Gasteiger charge is 2.34. The molecule has 0 N–H and O–H groups in total. The lowest BCUT2D eigenvalue weighted by Gasteiger charge is -2.38. The van der Waals surface area contributed by atoms with Gasteiger partial charge in [0.1, 0.15) is 11.1 Å². The Labute approximate surface area is 140 Å². The molecule has 1 saturated heterocycles. The van der Waals surface area contributed by atoms with Gasteiger partial charge >= 0.3 is 5.63 Å². The van der Waals surface area contributed by atoms with Gasteiger partial charge in [0.2, 0.25) is 0 Å². The minimum atomic E-state index is -0.549. The van der Waals surface area contributed by atoms with E-state index < -0.39 is 5.63 Å². The first-order valence-corrected chi connectivity index (χ1v) is 8.70. The Morgan fingerprint density at radius 1 is 1.17 bits per heavy atom. The van der Waals surface area contributed by atoms with Crippen molar-refractivity contribution in [1.29, 1.82) is 0 Å². The molecule has 1 aliphatic carbocycles. The number of hydrogen-bond donors (Lipinski definition) is 0. The quantitative estimate of drug-likeness (QED) is 0.813. The average molecular weight is 326 g/mol. The summed E-state index contributed by atoms with van der Waals surface area (Å²) in [5, 5.41) is 0.779. The van der Waals surface area contributed by atoms with Crippen LogP contribution in [0.5, 0.6) is 0 Å². The van der Waals surface area contributed by atoms with Crippen LogP contribution in [-0.2, 0) is 0 Å². The molecule has 1 atom stereocenters. The number of carbonyl (C=O) groups excluding carboxylic acids is 1. The summed E-state index contributed by atoms with van der Waals surface area (Å²) in [6, 6.07) is 9.53. The molecule has 1 aliphatic heterocycles. The van der Waals surface area contributed by atoms with Crippen LogP contribution in [0.3, 0.4) is 0 Å². The van der Waals surface area contributed by atoms with Crippen LogP contribution in [0.2, 0.25) is 0 Å². The second kappa shape index (κ2) is 6.06. The Kier molecular flexibility index (Phi) is 3.88. The van der Waals surface area contributed by atoms with Gasteiger partial charge in [-0.3, -0.25) is 9.69 Å². The lowest BCUT2D eigenvalue weighted by atomic mass is 10.1. The molecule has 1 aromatic heterocycles. The molecule has 2 fully saturated rings. The van der Waals surface area contributed by atoms with Crippen molar-refractivity contribution in [3.63, 3.8) is 0 Å². The number of benzene rings is 1. The SMILES string of the molecule is CC(C1CC1)N1CCN(C(=O)c2cc3ccccc3oc2=O)CC1.